The first-order chi connectivity index (χ1) is 17.1. The molecule has 0 amide bonds. The smallest absolute Gasteiger partial charge is 0.344 e. The van der Waals surface area contributed by atoms with Gasteiger partial charge in [0.05, 0.1) is 12.5 Å². The summed E-state index contributed by atoms with van der Waals surface area (Å²) in [5.41, 5.74) is 0. The Morgan fingerprint density at radius 1 is 1.03 bits per heavy atom. The van der Waals surface area contributed by atoms with Crippen molar-refractivity contribution in [1.29, 1.82) is 0 Å². The molecule has 0 aromatic carbocycles. The highest BCUT2D eigenvalue weighted by Crippen LogP contribution is 2.27. The van der Waals surface area contributed by atoms with E-state index >= 15 is 0 Å². The van der Waals surface area contributed by atoms with Crippen molar-refractivity contribution in [2.24, 2.45) is 11.8 Å². The minimum Gasteiger partial charge on any atom is -0.463 e. The summed E-state index contributed by atoms with van der Waals surface area (Å²) < 4.78 is 20.6. The lowest BCUT2D eigenvalue weighted by molar-refractivity contribution is -0.305. The van der Waals surface area contributed by atoms with Crippen LogP contribution in [-0.2, 0) is 33.3 Å². The van der Waals surface area contributed by atoms with Crippen molar-refractivity contribution >= 4 is 17.7 Å². The Morgan fingerprint density at radius 2 is 1.72 bits per heavy atom. The average Bonchev–Trinajstić information content (AvgIpc) is 3.13. The number of Topliss-reactive ketones (excluding diaryl/α,β-unsaturated/α-hetero) is 1. The van der Waals surface area contributed by atoms with E-state index in [0.717, 1.165) is 32.1 Å². The van der Waals surface area contributed by atoms with Crippen LogP contribution in [0.25, 0.3) is 0 Å². The second kappa shape index (κ2) is 14.3. The number of ketones is 1. The monoisotopic (exact) mass is 520 g/mol. The third-order valence-electron chi connectivity index (χ3n) is 6.71. The van der Waals surface area contributed by atoms with Gasteiger partial charge in [-0.1, -0.05) is 52.9 Å². The van der Waals surface area contributed by atoms with E-state index < -0.39 is 80.0 Å². The van der Waals surface area contributed by atoms with E-state index in [1.165, 1.54) is 0 Å². The first-order valence-corrected chi connectivity index (χ1v) is 12.6. The van der Waals surface area contributed by atoms with Gasteiger partial charge in [-0.15, -0.1) is 0 Å². The molecule has 10 atom stereocenters. The van der Waals surface area contributed by atoms with E-state index in [2.05, 4.69) is 6.92 Å². The average molecular weight is 521 g/mol. The fraction of sp³-hybridized carbons (Fsp3) is 0.875. The zero-order valence-electron chi connectivity index (χ0n) is 21.0. The molecule has 0 saturated carbocycles. The van der Waals surface area contributed by atoms with E-state index in [9.17, 15) is 39.9 Å². The number of aliphatic hydroxyl groups is 5. The number of esters is 2. The SMILES string of the molecule is CCCCCC(C(=O)OC[C@H](O)[C@H]1OC(=O)C(O[C@H]2O[C@H](CO)[C@@H](O)[C@H](O)[C@H]2O)C1=O)C(C)CCC. The summed E-state index contributed by atoms with van der Waals surface area (Å²) in [6.45, 7) is 4.77. The van der Waals surface area contributed by atoms with Crippen LogP contribution in [0.5, 0.6) is 0 Å². The molecule has 0 aliphatic carbocycles. The topological polar surface area (TPSA) is 189 Å². The number of aliphatic hydroxyl groups excluding tert-OH is 5. The molecule has 12 nitrogen and oxygen atoms in total. The molecule has 12 heteroatoms. The summed E-state index contributed by atoms with van der Waals surface area (Å²) in [5.74, 6) is -2.91. The number of hydrogen-bond donors (Lipinski definition) is 5. The normalized spacial score (nSPS) is 33.2. The molecule has 2 rings (SSSR count). The van der Waals surface area contributed by atoms with Crippen molar-refractivity contribution in [1.82, 2.24) is 0 Å². The summed E-state index contributed by atoms with van der Waals surface area (Å²) in [6.07, 6.45) is -8.26. The number of carbonyl (C=O) groups is 3. The maximum atomic E-state index is 12.7. The second-order valence-electron chi connectivity index (χ2n) is 9.54. The molecule has 0 aromatic rings. The zero-order chi connectivity index (χ0) is 27.0. The molecule has 5 N–H and O–H groups in total. The number of hydrogen-bond acceptors (Lipinski definition) is 12. The molecular formula is C24H40O12. The van der Waals surface area contributed by atoms with Crippen LogP contribution >= 0.6 is 0 Å². The highest BCUT2D eigenvalue weighted by atomic mass is 16.7. The number of cyclic esters (lactones) is 1. The third-order valence-corrected chi connectivity index (χ3v) is 6.71. The Balaban J connectivity index is 1.96. The van der Waals surface area contributed by atoms with Crippen LogP contribution in [0.1, 0.15) is 59.3 Å². The summed E-state index contributed by atoms with van der Waals surface area (Å²) in [5, 5.41) is 49.5. The molecule has 0 radical (unpaired) electrons. The van der Waals surface area contributed by atoms with Gasteiger partial charge in [0.15, 0.2) is 12.4 Å². The Kier molecular flexibility index (Phi) is 12.2. The van der Waals surface area contributed by atoms with Gasteiger partial charge in [0, 0.05) is 0 Å². The lowest BCUT2D eigenvalue weighted by atomic mass is 9.86. The predicted octanol–water partition coefficient (Wildman–Crippen LogP) is -0.797. The van der Waals surface area contributed by atoms with Gasteiger partial charge in [0.2, 0.25) is 11.9 Å². The fourth-order valence-electron chi connectivity index (χ4n) is 4.48. The van der Waals surface area contributed by atoms with Crippen molar-refractivity contribution in [2.45, 2.75) is 108 Å². The standard InChI is InChI=1S/C24H40O12/c1-4-6-7-9-13(12(3)8-5-2)22(31)33-11-14(26)20-19(30)21(23(32)35-20)36-24-18(29)17(28)16(27)15(10-25)34-24/h12-18,20-21,24-29H,4-11H2,1-3H3/t12?,13?,14-,15+,16+,17-,18+,20+,21?,24+/m0/s1. The van der Waals surface area contributed by atoms with Gasteiger partial charge in [-0.05, 0) is 12.3 Å². The Morgan fingerprint density at radius 3 is 2.33 bits per heavy atom. The molecule has 0 aromatic heterocycles. The van der Waals surface area contributed by atoms with Gasteiger partial charge in [-0.3, -0.25) is 9.59 Å². The van der Waals surface area contributed by atoms with Crippen LogP contribution in [-0.4, -0.2) is 105 Å². The first-order valence-electron chi connectivity index (χ1n) is 12.6. The van der Waals surface area contributed by atoms with Crippen LogP contribution in [0, 0.1) is 11.8 Å². The largest absolute Gasteiger partial charge is 0.463 e. The van der Waals surface area contributed by atoms with Gasteiger partial charge >= 0.3 is 11.9 Å². The van der Waals surface area contributed by atoms with Crippen molar-refractivity contribution in [3.8, 4) is 0 Å². The van der Waals surface area contributed by atoms with Crippen molar-refractivity contribution in [3.63, 3.8) is 0 Å². The number of rotatable bonds is 14. The number of unbranched alkanes of at least 4 members (excludes halogenated alkanes) is 2. The van der Waals surface area contributed by atoms with Gasteiger partial charge in [-0.2, -0.15) is 0 Å². The Labute approximate surface area is 210 Å². The fourth-order valence-corrected chi connectivity index (χ4v) is 4.48. The number of ether oxygens (including phenoxy) is 4. The van der Waals surface area contributed by atoms with Gasteiger partial charge in [0.25, 0.3) is 0 Å². The molecule has 2 aliphatic heterocycles. The second-order valence-corrected chi connectivity index (χ2v) is 9.54. The first kappa shape index (κ1) is 30.6. The predicted molar refractivity (Wildman–Crippen MR) is 122 cm³/mol. The van der Waals surface area contributed by atoms with E-state index in [-0.39, 0.29) is 11.8 Å². The minimum absolute atomic E-state index is 0.0822. The van der Waals surface area contributed by atoms with E-state index in [4.69, 9.17) is 18.9 Å². The van der Waals surface area contributed by atoms with Crippen molar-refractivity contribution < 1.29 is 58.9 Å². The molecule has 36 heavy (non-hydrogen) atoms. The van der Waals surface area contributed by atoms with E-state index in [0.29, 0.717) is 6.42 Å². The van der Waals surface area contributed by atoms with Gasteiger partial charge in [-0.25, -0.2) is 4.79 Å². The third kappa shape index (κ3) is 7.44. The number of carbonyl (C=O) groups excluding carboxylic acids is 3. The van der Waals surface area contributed by atoms with Gasteiger partial charge in [0.1, 0.15) is 37.1 Å². The molecule has 2 fully saturated rings. The molecule has 2 heterocycles. The van der Waals surface area contributed by atoms with Crippen LogP contribution in [0.4, 0.5) is 0 Å². The summed E-state index contributed by atoms with van der Waals surface area (Å²) >= 11 is 0. The molecule has 0 bridgehead atoms. The van der Waals surface area contributed by atoms with Crippen molar-refractivity contribution in [2.75, 3.05) is 13.2 Å². The zero-order valence-corrected chi connectivity index (χ0v) is 21.0. The lowest BCUT2D eigenvalue weighted by Gasteiger charge is -2.39. The molecule has 2 aliphatic rings. The van der Waals surface area contributed by atoms with E-state index in [1.807, 2.05) is 13.8 Å². The summed E-state index contributed by atoms with van der Waals surface area (Å²) in [4.78, 5) is 37.7. The van der Waals surface area contributed by atoms with Crippen molar-refractivity contribution in [3.05, 3.63) is 0 Å². The molecule has 2 saturated heterocycles. The van der Waals surface area contributed by atoms with Gasteiger partial charge < -0.3 is 44.5 Å². The lowest BCUT2D eigenvalue weighted by Crippen LogP contribution is -2.60. The van der Waals surface area contributed by atoms with E-state index in [1.54, 1.807) is 0 Å². The minimum atomic E-state index is -1.90. The quantitative estimate of drug-likeness (QED) is 0.109. The van der Waals surface area contributed by atoms with Crippen LogP contribution < -0.4 is 0 Å². The molecule has 0 spiro atoms. The maximum absolute atomic E-state index is 12.7. The summed E-state index contributed by atoms with van der Waals surface area (Å²) in [6, 6.07) is 0. The highest BCUT2D eigenvalue weighted by molar-refractivity contribution is 6.09. The summed E-state index contributed by atoms with van der Waals surface area (Å²) in [7, 11) is 0. The van der Waals surface area contributed by atoms with Crippen LogP contribution in [0.15, 0.2) is 0 Å². The molecule has 208 valence electrons. The Bertz CT molecular complexity index is 728. The highest BCUT2D eigenvalue weighted by Gasteiger charge is 2.52. The van der Waals surface area contributed by atoms with Crippen LogP contribution in [0.2, 0.25) is 0 Å². The van der Waals surface area contributed by atoms with Crippen LogP contribution in [0.3, 0.4) is 0 Å². The molecular weight excluding hydrogens is 480 g/mol. The Hall–Kier alpha value is -1.67. The maximum Gasteiger partial charge on any atom is 0.344 e. The molecule has 3 unspecified atom stereocenters.